The van der Waals surface area contributed by atoms with Gasteiger partial charge in [-0.25, -0.2) is 0 Å². The van der Waals surface area contributed by atoms with Gasteiger partial charge in [-0.1, -0.05) is 12.1 Å². The molecule has 1 aromatic rings. The Kier molecular flexibility index (Phi) is 5.10. The number of carbonyl (C=O) groups is 2. The second-order valence-electron chi connectivity index (χ2n) is 5.00. The van der Waals surface area contributed by atoms with Crippen LogP contribution < -0.4 is 0 Å². The molecule has 0 heterocycles. The van der Waals surface area contributed by atoms with Crippen molar-refractivity contribution >= 4 is 11.9 Å². The summed E-state index contributed by atoms with van der Waals surface area (Å²) in [5.74, 6) is -1.44. The van der Waals surface area contributed by atoms with Crippen molar-refractivity contribution in [2.45, 2.75) is 33.6 Å². The first-order valence-electron chi connectivity index (χ1n) is 6.33. The van der Waals surface area contributed by atoms with Crippen LogP contribution in [0.4, 0.5) is 0 Å². The zero-order valence-electron chi connectivity index (χ0n) is 12.0. The van der Waals surface area contributed by atoms with Gasteiger partial charge in [-0.3, -0.25) is 9.59 Å². The number of aliphatic carboxylic acids is 1. The Hall–Kier alpha value is -1.84. The molecule has 0 radical (unpaired) electrons. The third-order valence-corrected chi connectivity index (χ3v) is 3.40. The molecule has 1 rings (SSSR count). The van der Waals surface area contributed by atoms with Crippen LogP contribution in [0, 0.1) is 20.8 Å². The third kappa shape index (κ3) is 4.39. The van der Waals surface area contributed by atoms with E-state index in [1.807, 2.05) is 0 Å². The van der Waals surface area contributed by atoms with Crippen LogP contribution in [0.1, 0.15) is 28.7 Å². The van der Waals surface area contributed by atoms with Gasteiger partial charge in [0.2, 0.25) is 5.91 Å². The van der Waals surface area contributed by atoms with Crippen LogP contribution in [0.5, 0.6) is 0 Å². The minimum atomic E-state index is -1.08. The first-order chi connectivity index (χ1) is 8.81. The summed E-state index contributed by atoms with van der Waals surface area (Å²) in [6, 6.07) is 4.28. The molecule has 19 heavy (non-hydrogen) atoms. The van der Waals surface area contributed by atoms with Gasteiger partial charge in [-0.2, -0.15) is 0 Å². The van der Waals surface area contributed by atoms with E-state index in [-0.39, 0.29) is 5.91 Å². The summed E-state index contributed by atoms with van der Waals surface area (Å²) in [7, 11) is 1.64. The number of carboxylic acids is 1. The van der Waals surface area contributed by atoms with Gasteiger partial charge >= 0.3 is 5.97 Å². The molecule has 4 nitrogen and oxygen atoms in total. The van der Waals surface area contributed by atoms with Crippen molar-refractivity contribution in [2.75, 3.05) is 13.6 Å². The van der Waals surface area contributed by atoms with E-state index < -0.39 is 12.4 Å². The Morgan fingerprint density at radius 1 is 1.11 bits per heavy atom. The molecule has 0 atom stereocenters. The Morgan fingerprint density at radius 2 is 1.68 bits per heavy atom. The molecule has 0 aliphatic rings. The predicted molar refractivity (Wildman–Crippen MR) is 74.2 cm³/mol. The quantitative estimate of drug-likeness (QED) is 0.827. The van der Waals surface area contributed by atoms with E-state index in [1.54, 1.807) is 7.05 Å². The lowest BCUT2D eigenvalue weighted by Crippen LogP contribution is -2.30. The molecule has 0 fully saturated rings. The molecule has 0 saturated carbocycles. The van der Waals surface area contributed by atoms with Gasteiger partial charge in [0, 0.05) is 13.6 Å². The zero-order valence-corrected chi connectivity index (χ0v) is 12.0. The molecule has 0 aromatic heterocycles. The molecule has 0 aliphatic heterocycles. The van der Waals surface area contributed by atoms with Gasteiger partial charge in [0.05, 0.1) is 0 Å². The van der Waals surface area contributed by atoms with E-state index in [4.69, 9.17) is 5.11 Å². The molecule has 0 bridgehead atoms. The van der Waals surface area contributed by atoms with E-state index in [0.29, 0.717) is 6.54 Å². The van der Waals surface area contributed by atoms with Gasteiger partial charge < -0.3 is 10.0 Å². The monoisotopic (exact) mass is 263 g/mol. The Balaban J connectivity index is 2.64. The molecule has 1 aromatic carbocycles. The normalized spacial score (nSPS) is 10.3. The summed E-state index contributed by atoms with van der Waals surface area (Å²) in [5.41, 5.74) is 4.91. The topological polar surface area (TPSA) is 57.6 Å². The lowest BCUT2D eigenvalue weighted by Gasteiger charge is -2.17. The highest BCUT2D eigenvalue weighted by atomic mass is 16.4. The van der Waals surface area contributed by atoms with Gasteiger partial charge in [0.1, 0.15) is 6.42 Å². The summed E-state index contributed by atoms with van der Waals surface area (Å²) in [6.07, 6.45) is 0.303. The van der Waals surface area contributed by atoms with Crippen LogP contribution in [-0.2, 0) is 16.0 Å². The van der Waals surface area contributed by atoms with Gasteiger partial charge in [0.15, 0.2) is 0 Å². The predicted octanol–water partition coefficient (Wildman–Crippen LogP) is 2.09. The second-order valence-corrected chi connectivity index (χ2v) is 5.00. The average molecular weight is 263 g/mol. The van der Waals surface area contributed by atoms with E-state index >= 15 is 0 Å². The van der Waals surface area contributed by atoms with Crippen molar-refractivity contribution in [1.29, 1.82) is 0 Å². The van der Waals surface area contributed by atoms with Crippen molar-refractivity contribution in [3.8, 4) is 0 Å². The highest BCUT2D eigenvalue weighted by Gasteiger charge is 2.13. The molecule has 104 valence electrons. The average Bonchev–Trinajstić information content (AvgIpc) is 2.30. The van der Waals surface area contributed by atoms with Gasteiger partial charge in [-0.05, 0) is 49.4 Å². The van der Waals surface area contributed by atoms with Crippen molar-refractivity contribution in [3.63, 3.8) is 0 Å². The number of benzene rings is 1. The number of carbonyl (C=O) groups excluding carboxylic acids is 1. The van der Waals surface area contributed by atoms with E-state index in [9.17, 15) is 9.59 Å². The van der Waals surface area contributed by atoms with Crippen molar-refractivity contribution < 1.29 is 14.7 Å². The summed E-state index contributed by atoms with van der Waals surface area (Å²) in [5, 5.41) is 8.58. The molecule has 0 spiro atoms. The van der Waals surface area contributed by atoms with Gasteiger partial charge in [0.25, 0.3) is 0 Å². The molecule has 0 saturated heterocycles. The maximum Gasteiger partial charge on any atom is 0.312 e. The highest BCUT2D eigenvalue weighted by molar-refractivity contribution is 5.93. The molecule has 0 aliphatic carbocycles. The standard InChI is InChI=1S/C15H21NO3/c1-10-7-12(3)13(8-11(10)2)5-6-16(4)14(17)9-15(18)19/h7-8H,5-6,9H2,1-4H3,(H,18,19). The number of rotatable bonds is 5. The lowest BCUT2D eigenvalue weighted by molar-refractivity contribution is -0.143. The maximum atomic E-state index is 11.5. The largest absolute Gasteiger partial charge is 0.481 e. The number of amides is 1. The number of aryl methyl sites for hydroxylation is 3. The lowest BCUT2D eigenvalue weighted by atomic mass is 9.99. The van der Waals surface area contributed by atoms with Crippen molar-refractivity contribution in [1.82, 2.24) is 4.90 Å². The van der Waals surface area contributed by atoms with Crippen LogP contribution in [0.15, 0.2) is 12.1 Å². The summed E-state index contributed by atoms with van der Waals surface area (Å²) >= 11 is 0. The fraction of sp³-hybridized carbons (Fsp3) is 0.467. The summed E-state index contributed by atoms with van der Waals surface area (Å²) in [6.45, 7) is 6.74. The Labute approximate surface area is 114 Å². The van der Waals surface area contributed by atoms with Gasteiger partial charge in [-0.15, -0.1) is 0 Å². The van der Waals surface area contributed by atoms with E-state index in [1.165, 1.54) is 27.2 Å². The first-order valence-corrected chi connectivity index (χ1v) is 6.33. The molecule has 4 heteroatoms. The number of nitrogens with zero attached hydrogens (tertiary/aromatic N) is 1. The van der Waals surface area contributed by atoms with Crippen LogP contribution >= 0.6 is 0 Å². The molecular formula is C15H21NO3. The van der Waals surface area contributed by atoms with Crippen molar-refractivity contribution in [2.24, 2.45) is 0 Å². The second kappa shape index (κ2) is 6.36. The molecule has 1 amide bonds. The third-order valence-electron chi connectivity index (χ3n) is 3.40. The smallest absolute Gasteiger partial charge is 0.312 e. The number of carboxylic acid groups (broad SMARTS) is 1. The Bertz CT molecular complexity index is 494. The van der Waals surface area contributed by atoms with Crippen LogP contribution in [0.25, 0.3) is 0 Å². The highest BCUT2D eigenvalue weighted by Crippen LogP contribution is 2.16. The number of likely N-dealkylation sites (N-methyl/N-ethyl adjacent to an activating group) is 1. The number of hydrogen-bond donors (Lipinski definition) is 1. The SMILES string of the molecule is Cc1cc(C)c(CCN(C)C(=O)CC(=O)O)cc1C. The fourth-order valence-corrected chi connectivity index (χ4v) is 1.97. The summed E-state index contributed by atoms with van der Waals surface area (Å²) < 4.78 is 0. The molecular weight excluding hydrogens is 242 g/mol. The first kappa shape index (κ1) is 15.2. The fourth-order valence-electron chi connectivity index (χ4n) is 1.97. The minimum Gasteiger partial charge on any atom is -0.481 e. The van der Waals surface area contributed by atoms with E-state index in [0.717, 1.165) is 6.42 Å². The van der Waals surface area contributed by atoms with Crippen LogP contribution in [0.2, 0.25) is 0 Å². The maximum absolute atomic E-state index is 11.5. The van der Waals surface area contributed by atoms with E-state index in [2.05, 4.69) is 32.9 Å². The summed E-state index contributed by atoms with van der Waals surface area (Å²) in [4.78, 5) is 23.5. The van der Waals surface area contributed by atoms with Crippen LogP contribution in [-0.4, -0.2) is 35.5 Å². The van der Waals surface area contributed by atoms with Crippen LogP contribution in [0.3, 0.4) is 0 Å². The minimum absolute atomic E-state index is 0.353. The molecule has 0 unspecified atom stereocenters. The molecule has 1 N–H and O–H groups in total. The number of hydrogen-bond acceptors (Lipinski definition) is 2. The zero-order chi connectivity index (χ0) is 14.6. The Morgan fingerprint density at radius 3 is 2.26 bits per heavy atom. The van der Waals surface area contributed by atoms with Crippen molar-refractivity contribution in [3.05, 3.63) is 34.4 Å².